The molecule has 1 rings (SSSR count). The van der Waals surface area contributed by atoms with E-state index in [1.165, 1.54) is 7.05 Å². The van der Waals surface area contributed by atoms with Gasteiger partial charge in [0.25, 0.3) is 0 Å². The van der Waals surface area contributed by atoms with Gasteiger partial charge in [0.05, 0.1) is 0 Å². The maximum absolute atomic E-state index is 13.3. The average Bonchev–Trinajstić information content (AvgIpc) is 2.27. The molecule has 16 heavy (non-hydrogen) atoms. The first-order valence-electron chi connectivity index (χ1n) is 4.89. The molecular weight excluding hydrogens is 232 g/mol. The van der Waals surface area contributed by atoms with Crippen LogP contribution in [0.1, 0.15) is 6.92 Å². The summed E-state index contributed by atoms with van der Waals surface area (Å²) >= 11 is 1.66. The minimum absolute atomic E-state index is 0.0423. The second-order valence-electron chi connectivity index (χ2n) is 3.33. The zero-order chi connectivity index (χ0) is 12.1. The number of pyridine rings is 1. The second kappa shape index (κ2) is 5.89. The second-order valence-corrected chi connectivity index (χ2v) is 4.60. The van der Waals surface area contributed by atoms with Crippen LogP contribution in [0.3, 0.4) is 0 Å². The number of nitrogens with zero attached hydrogens (tertiary/aromatic N) is 1. The number of rotatable bonds is 5. The Morgan fingerprint density at radius 1 is 1.38 bits per heavy atom. The van der Waals surface area contributed by atoms with E-state index in [1.54, 1.807) is 11.8 Å². The van der Waals surface area contributed by atoms with Crippen LogP contribution in [0.2, 0.25) is 0 Å². The zero-order valence-electron chi connectivity index (χ0n) is 9.47. The highest BCUT2D eigenvalue weighted by Crippen LogP contribution is 2.19. The third kappa shape index (κ3) is 3.23. The minimum Gasteiger partial charge on any atom is -0.371 e. The SMILES string of the molecule is CNc1nc(NCC(C)SC)c(F)cc1F. The van der Waals surface area contributed by atoms with Crippen LogP contribution in [-0.4, -0.2) is 30.1 Å². The Labute approximate surface area is 98.0 Å². The van der Waals surface area contributed by atoms with Gasteiger partial charge in [-0.1, -0.05) is 6.92 Å². The van der Waals surface area contributed by atoms with Crippen molar-refractivity contribution in [3.63, 3.8) is 0 Å². The van der Waals surface area contributed by atoms with Crippen molar-refractivity contribution in [2.75, 3.05) is 30.5 Å². The number of halogens is 2. The molecule has 1 atom stereocenters. The Balaban J connectivity index is 2.79. The summed E-state index contributed by atoms with van der Waals surface area (Å²) in [5, 5.41) is 5.76. The Kier molecular flexibility index (Phi) is 4.79. The molecule has 2 N–H and O–H groups in total. The molecule has 0 aliphatic carbocycles. The molecule has 0 spiro atoms. The molecule has 1 unspecified atom stereocenters. The van der Waals surface area contributed by atoms with Crippen molar-refractivity contribution in [3.8, 4) is 0 Å². The van der Waals surface area contributed by atoms with Gasteiger partial charge in [0.1, 0.15) is 0 Å². The number of nitrogens with one attached hydrogen (secondary N) is 2. The van der Waals surface area contributed by atoms with Gasteiger partial charge in [-0.3, -0.25) is 0 Å². The van der Waals surface area contributed by atoms with Gasteiger partial charge >= 0.3 is 0 Å². The first-order chi connectivity index (χ1) is 7.58. The van der Waals surface area contributed by atoms with Crippen molar-refractivity contribution < 1.29 is 8.78 Å². The fourth-order valence-electron chi connectivity index (χ4n) is 1.09. The number of hydrogen-bond donors (Lipinski definition) is 2. The van der Waals surface area contributed by atoms with Crippen molar-refractivity contribution in [1.82, 2.24) is 4.98 Å². The van der Waals surface area contributed by atoms with E-state index in [4.69, 9.17) is 0 Å². The molecule has 0 aliphatic rings. The maximum atomic E-state index is 13.3. The fraction of sp³-hybridized carbons (Fsp3) is 0.500. The predicted molar refractivity (Wildman–Crippen MR) is 65.2 cm³/mol. The summed E-state index contributed by atoms with van der Waals surface area (Å²) in [6.45, 7) is 2.60. The molecule has 0 saturated carbocycles. The Bertz CT molecular complexity index is 360. The first-order valence-corrected chi connectivity index (χ1v) is 6.17. The Morgan fingerprint density at radius 3 is 2.56 bits per heavy atom. The van der Waals surface area contributed by atoms with Gasteiger partial charge in [-0.05, 0) is 6.26 Å². The van der Waals surface area contributed by atoms with Crippen molar-refractivity contribution in [3.05, 3.63) is 17.7 Å². The molecule has 1 aromatic rings. The van der Waals surface area contributed by atoms with E-state index >= 15 is 0 Å². The number of aromatic nitrogens is 1. The molecule has 6 heteroatoms. The summed E-state index contributed by atoms with van der Waals surface area (Å²) in [7, 11) is 1.54. The molecule has 1 aromatic heterocycles. The number of anilines is 2. The van der Waals surface area contributed by atoms with Crippen LogP contribution in [-0.2, 0) is 0 Å². The van der Waals surface area contributed by atoms with E-state index in [0.29, 0.717) is 11.8 Å². The molecule has 0 bridgehead atoms. The molecule has 0 fully saturated rings. The van der Waals surface area contributed by atoms with Gasteiger partial charge in [0, 0.05) is 24.9 Å². The van der Waals surface area contributed by atoms with Crippen LogP contribution in [0.4, 0.5) is 20.4 Å². The van der Waals surface area contributed by atoms with Crippen molar-refractivity contribution in [2.45, 2.75) is 12.2 Å². The smallest absolute Gasteiger partial charge is 0.168 e. The molecule has 0 amide bonds. The average molecular weight is 247 g/mol. The zero-order valence-corrected chi connectivity index (χ0v) is 10.3. The van der Waals surface area contributed by atoms with Crippen molar-refractivity contribution in [1.29, 1.82) is 0 Å². The quantitative estimate of drug-likeness (QED) is 0.838. The first kappa shape index (κ1) is 13.0. The third-order valence-electron chi connectivity index (χ3n) is 2.13. The normalized spacial score (nSPS) is 12.3. The van der Waals surface area contributed by atoms with E-state index in [-0.39, 0.29) is 11.6 Å². The minimum atomic E-state index is -0.691. The van der Waals surface area contributed by atoms with Crippen molar-refractivity contribution in [2.24, 2.45) is 0 Å². The Morgan fingerprint density at radius 2 is 2.00 bits per heavy atom. The van der Waals surface area contributed by atoms with Crippen LogP contribution in [0.25, 0.3) is 0 Å². The van der Waals surface area contributed by atoms with Gasteiger partial charge in [-0.2, -0.15) is 11.8 Å². The van der Waals surface area contributed by atoms with E-state index in [2.05, 4.69) is 15.6 Å². The maximum Gasteiger partial charge on any atom is 0.168 e. The summed E-state index contributed by atoms with van der Waals surface area (Å²) in [5.74, 6) is -1.25. The van der Waals surface area contributed by atoms with E-state index in [9.17, 15) is 8.78 Å². The predicted octanol–water partition coefficient (Wildman–Crippen LogP) is 2.56. The van der Waals surface area contributed by atoms with E-state index in [1.807, 2.05) is 13.2 Å². The van der Waals surface area contributed by atoms with Crippen LogP contribution in [0.5, 0.6) is 0 Å². The van der Waals surface area contributed by atoms with Crippen molar-refractivity contribution >= 4 is 23.4 Å². The molecule has 1 heterocycles. The van der Waals surface area contributed by atoms with Gasteiger partial charge in [0.2, 0.25) is 0 Å². The van der Waals surface area contributed by atoms with Crippen LogP contribution in [0, 0.1) is 11.6 Å². The number of thioether (sulfide) groups is 1. The lowest BCUT2D eigenvalue weighted by Gasteiger charge is -2.12. The summed E-state index contributed by atoms with van der Waals surface area (Å²) in [4.78, 5) is 3.82. The lowest BCUT2D eigenvalue weighted by Crippen LogP contribution is -2.15. The monoisotopic (exact) mass is 247 g/mol. The largest absolute Gasteiger partial charge is 0.371 e. The van der Waals surface area contributed by atoms with Gasteiger partial charge in [-0.25, -0.2) is 13.8 Å². The highest BCUT2D eigenvalue weighted by molar-refractivity contribution is 7.99. The standard InChI is InChI=1S/C10H15F2N3S/c1-6(16-3)5-14-10-8(12)4-7(11)9(13-2)15-10/h4,6H,5H2,1-3H3,(H2,13,14,15). The lowest BCUT2D eigenvalue weighted by molar-refractivity contribution is 0.578. The summed E-state index contributed by atoms with van der Waals surface area (Å²) in [6, 6.07) is 0.824. The lowest BCUT2D eigenvalue weighted by atomic mass is 10.4. The van der Waals surface area contributed by atoms with Gasteiger partial charge in [0.15, 0.2) is 23.3 Å². The topological polar surface area (TPSA) is 37.0 Å². The third-order valence-corrected chi connectivity index (χ3v) is 3.10. The fourth-order valence-corrected chi connectivity index (χ4v) is 1.34. The number of hydrogen-bond acceptors (Lipinski definition) is 4. The van der Waals surface area contributed by atoms with E-state index in [0.717, 1.165) is 6.07 Å². The molecule has 0 radical (unpaired) electrons. The van der Waals surface area contributed by atoms with Gasteiger partial charge in [-0.15, -0.1) is 0 Å². The van der Waals surface area contributed by atoms with Crippen LogP contribution < -0.4 is 10.6 Å². The summed E-state index contributed by atoms with van der Waals surface area (Å²) < 4.78 is 26.4. The Hall–Kier alpha value is -1.04. The van der Waals surface area contributed by atoms with Crippen LogP contribution >= 0.6 is 11.8 Å². The highest BCUT2D eigenvalue weighted by atomic mass is 32.2. The molecule has 90 valence electrons. The van der Waals surface area contributed by atoms with Gasteiger partial charge < -0.3 is 10.6 Å². The molecule has 0 aromatic carbocycles. The molecule has 3 nitrogen and oxygen atoms in total. The van der Waals surface area contributed by atoms with E-state index < -0.39 is 11.6 Å². The molecular formula is C10H15F2N3S. The molecule has 0 aliphatic heterocycles. The highest BCUT2D eigenvalue weighted by Gasteiger charge is 2.11. The summed E-state index contributed by atoms with van der Waals surface area (Å²) in [6.07, 6.45) is 1.97. The van der Waals surface area contributed by atoms with Crippen LogP contribution in [0.15, 0.2) is 6.07 Å². The summed E-state index contributed by atoms with van der Waals surface area (Å²) in [5.41, 5.74) is 0. The molecule has 0 saturated heterocycles.